The third-order valence-electron chi connectivity index (χ3n) is 9.32. The first-order valence-corrected chi connectivity index (χ1v) is 16.1. The maximum atomic E-state index is 14.5. The Bertz CT molecular complexity index is 1460. The van der Waals surface area contributed by atoms with E-state index in [9.17, 15) is 24.3 Å². The van der Waals surface area contributed by atoms with E-state index < -0.39 is 41.7 Å². The van der Waals surface area contributed by atoms with Crippen molar-refractivity contribution in [3.63, 3.8) is 0 Å². The van der Waals surface area contributed by atoms with Crippen LogP contribution in [-0.4, -0.2) is 84.8 Å². The lowest BCUT2D eigenvalue weighted by Gasteiger charge is -2.36. The molecule has 2 aromatic carbocycles. The summed E-state index contributed by atoms with van der Waals surface area (Å²) in [4.78, 5) is 58.3. The van der Waals surface area contributed by atoms with Crippen LogP contribution in [0, 0.1) is 11.8 Å². The van der Waals surface area contributed by atoms with Crippen LogP contribution in [0.25, 0.3) is 0 Å². The molecule has 6 atom stereocenters. The molecule has 0 saturated carbocycles. The number of likely N-dealkylation sites (tertiary alicyclic amines) is 1. The molecule has 0 radical (unpaired) electrons. The first kappa shape index (κ1) is 33.9. The number of benzene rings is 2. The van der Waals surface area contributed by atoms with Gasteiger partial charge in [-0.25, -0.2) is 0 Å². The number of aliphatic hydroxyl groups is 1. The molecule has 47 heavy (non-hydrogen) atoms. The van der Waals surface area contributed by atoms with Gasteiger partial charge in [-0.3, -0.25) is 19.2 Å². The molecule has 3 saturated heterocycles. The van der Waals surface area contributed by atoms with Gasteiger partial charge in [-0.15, -0.1) is 13.2 Å². The van der Waals surface area contributed by atoms with Gasteiger partial charge in [-0.1, -0.05) is 42.5 Å². The highest BCUT2D eigenvalue weighted by Crippen LogP contribution is 2.59. The number of hydrogen-bond acceptors (Lipinski definition) is 8. The van der Waals surface area contributed by atoms with Crippen LogP contribution in [0.2, 0.25) is 0 Å². The van der Waals surface area contributed by atoms with Crippen LogP contribution in [-0.2, 0) is 28.7 Å². The van der Waals surface area contributed by atoms with Gasteiger partial charge in [0.05, 0.1) is 31.6 Å². The Labute approximate surface area is 275 Å². The Morgan fingerprint density at radius 3 is 2.55 bits per heavy atom. The number of amides is 3. The average molecular weight is 646 g/mol. The third-order valence-corrected chi connectivity index (χ3v) is 9.32. The lowest BCUT2D eigenvalue weighted by molar-refractivity contribution is -0.160. The SMILES string of the molecule is C=CCCC(=O)NC[C@@H](OC(=O)[C@@H]1[C@H]2C(=O)N(CCCO)[C@H](C(=O)N(CC=C)c3ccc(OC)cc3)[C@]23CC[C@H]1O3)c1ccccc1. The second-order valence-electron chi connectivity index (χ2n) is 12.1. The molecule has 3 amide bonds. The summed E-state index contributed by atoms with van der Waals surface area (Å²) >= 11 is 0. The van der Waals surface area contributed by atoms with Crippen LogP contribution >= 0.6 is 0 Å². The van der Waals surface area contributed by atoms with E-state index in [1.807, 2.05) is 30.3 Å². The highest BCUT2D eigenvalue weighted by Gasteiger charge is 2.75. The van der Waals surface area contributed by atoms with E-state index in [0.717, 1.165) is 0 Å². The number of ether oxygens (including phenoxy) is 3. The van der Waals surface area contributed by atoms with Crippen molar-refractivity contribution in [2.75, 3.05) is 38.3 Å². The minimum Gasteiger partial charge on any atom is -0.497 e. The molecule has 250 valence electrons. The molecule has 11 nitrogen and oxygen atoms in total. The van der Waals surface area contributed by atoms with E-state index in [-0.39, 0.29) is 56.8 Å². The number of nitrogens with zero attached hydrogens (tertiary/aromatic N) is 2. The summed E-state index contributed by atoms with van der Waals surface area (Å²) in [6.45, 7) is 7.66. The predicted octanol–water partition coefficient (Wildman–Crippen LogP) is 3.34. The lowest BCUT2D eigenvalue weighted by Crippen LogP contribution is -2.56. The summed E-state index contributed by atoms with van der Waals surface area (Å²) < 4.78 is 17.9. The zero-order valence-electron chi connectivity index (χ0n) is 26.7. The van der Waals surface area contributed by atoms with Crippen LogP contribution in [0.5, 0.6) is 5.75 Å². The van der Waals surface area contributed by atoms with E-state index in [2.05, 4.69) is 18.5 Å². The molecule has 3 fully saturated rings. The first-order valence-electron chi connectivity index (χ1n) is 16.1. The predicted molar refractivity (Wildman–Crippen MR) is 174 cm³/mol. The van der Waals surface area contributed by atoms with Crippen molar-refractivity contribution in [2.24, 2.45) is 11.8 Å². The highest BCUT2D eigenvalue weighted by atomic mass is 16.6. The molecule has 2 aromatic rings. The lowest BCUT2D eigenvalue weighted by atomic mass is 9.70. The number of carbonyl (C=O) groups is 4. The highest BCUT2D eigenvalue weighted by molar-refractivity contribution is 6.04. The number of rotatable bonds is 16. The van der Waals surface area contributed by atoms with Gasteiger partial charge in [0.2, 0.25) is 11.8 Å². The molecule has 2 bridgehead atoms. The summed E-state index contributed by atoms with van der Waals surface area (Å²) in [6.07, 6.45) is 3.77. The molecule has 1 spiro atoms. The van der Waals surface area contributed by atoms with Crippen molar-refractivity contribution < 1.29 is 38.5 Å². The Kier molecular flexibility index (Phi) is 10.8. The second kappa shape index (κ2) is 15.0. The van der Waals surface area contributed by atoms with Crippen LogP contribution in [0.4, 0.5) is 5.69 Å². The number of nitrogens with one attached hydrogen (secondary N) is 1. The minimum atomic E-state index is -1.25. The van der Waals surface area contributed by atoms with Gasteiger partial charge < -0.3 is 34.4 Å². The number of fused-ring (bicyclic) bond motifs is 1. The Morgan fingerprint density at radius 1 is 1.15 bits per heavy atom. The largest absolute Gasteiger partial charge is 0.497 e. The molecule has 0 aromatic heterocycles. The molecule has 2 N–H and O–H groups in total. The van der Waals surface area contributed by atoms with Gasteiger partial charge in [-0.05, 0) is 55.5 Å². The second-order valence-corrected chi connectivity index (χ2v) is 12.1. The van der Waals surface area contributed by atoms with Crippen molar-refractivity contribution in [1.29, 1.82) is 0 Å². The molecule has 3 aliphatic rings. The van der Waals surface area contributed by atoms with Crippen LogP contribution in [0.3, 0.4) is 0 Å². The molecule has 5 rings (SSSR count). The number of aliphatic hydroxyl groups excluding tert-OH is 1. The van der Waals surface area contributed by atoms with E-state index in [4.69, 9.17) is 14.2 Å². The van der Waals surface area contributed by atoms with Gasteiger partial charge in [0.15, 0.2) is 0 Å². The molecule has 0 unspecified atom stereocenters. The summed E-state index contributed by atoms with van der Waals surface area (Å²) in [5.41, 5.74) is 0.0402. The molecule has 11 heteroatoms. The molecular weight excluding hydrogens is 602 g/mol. The average Bonchev–Trinajstić information content (AvgIpc) is 3.74. The standard InChI is InChI=1S/C36H43N3O8/c1-4-6-13-29(41)37-23-28(24-11-8-7-9-12-24)46-35(44)30-27-18-19-36(47-27)31(30)33(42)39(21-10-22-40)32(36)34(43)38(20-5-2)25-14-16-26(45-3)17-15-25/h4-5,7-9,11-12,14-17,27-28,30-32,40H,1-2,6,10,13,18-23H2,3H3,(H,37,41)/t27-,28-,30+,31+,32-,36+/m1/s1. The fourth-order valence-corrected chi connectivity index (χ4v) is 7.19. The maximum Gasteiger partial charge on any atom is 0.313 e. The Balaban J connectivity index is 1.44. The number of esters is 1. The zero-order chi connectivity index (χ0) is 33.6. The van der Waals surface area contributed by atoms with Crippen molar-refractivity contribution >= 4 is 29.4 Å². The first-order chi connectivity index (χ1) is 22.8. The van der Waals surface area contributed by atoms with Crippen LogP contribution in [0.15, 0.2) is 79.9 Å². The van der Waals surface area contributed by atoms with Gasteiger partial charge in [0.25, 0.3) is 5.91 Å². The molecular formula is C36H43N3O8. The summed E-state index contributed by atoms with van der Waals surface area (Å²) in [5.74, 6) is -2.80. The van der Waals surface area contributed by atoms with E-state index in [1.165, 1.54) is 4.90 Å². The molecule has 3 aliphatic heterocycles. The van der Waals surface area contributed by atoms with Crippen molar-refractivity contribution in [2.45, 2.75) is 56.0 Å². The third kappa shape index (κ3) is 6.68. The monoisotopic (exact) mass is 645 g/mol. The minimum absolute atomic E-state index is 0.0514. The maximum absolute atomic E-state index is 14.5. The Hall–Kier alpha value is -4.48. The fraction of sp³-hybridized carbons (Fsp3) is 0.444. The quantitative estimate of drug-likeness (QED) is 0.210. The summed E-state index contributed by atoms with van der Waals surface area (Å²) in [6, 6.07) is 15.1. The number of anilines is 1. The molecule has 3 heterocycles. The fourth-order valence-electron chi connectivity index (χ4n) is 7.19. The van der Waals surface area contributed by atoms with Gasteiger partial charge >= 0.3 is 5.97 Å². The Morgan fingerprint density at radius 2 is 1.89 bits per heavy atom. The number of carbonyl (C=O) groups excluding carboxylic acids is 4. The van der Waals surface area contributed by atoms with Crippen LogP contribution in [0.1, 0.15) is 43.8 Å². The smallest absolute Gasteiger partial charge is 0.313 e. The van der Waals surface area contributed by atoms with E-state index in [0.29, 0.717) is 36.3 Å². The van der Waals surface area contributed by atoms with Crippen molar-refractivity contribution in [1.82, 2.24) is 10.2 Å². The topological polar surface area (TPSA) is 135 Å². The van der Waals surface area contributed by atoms with Gasteiger partial charge in [0.1, 0.15) is 23.5 Å². The number of methoxy groups -OCH3 is 1. The molecule has 0 aliphatic carbocycles. The summed E-state index contributed by atoms with van der Waals surface area (Å²) in [5, 5.41) is 12.5. The normalized spacial score (nSPS) is 24.7. The van der Waals surface area contributed by atoms with E-state index in [1.54, 1.807) is 48.4 Å². The van der Waals surface area contributed by atoms with Gasteiger partial charge in [0, 0.05) is 31.8 Å². The van der Waals surface area contributed by atoms with Crippen molar-refractivity contribution in [3.8, 4) is 5.75 Å². The zero-order valence-corrected chi connectivity index (χ0v) is 26.7. The number of hydrogen-bond donors (Lipinski definition) is 2. The van der Waals surface area contributed by atoms with E-state index >= 15 is 0 Å². The number of allylic oxidation sites excluding steroid dienone is 1. The summed E-state index contributed by atoms with van der Waals surface area (Å²) in [7, 11) is 1.56. The van der Waals surface area contributed by atoms with Crippen LogP contribution < -0.4 is 15.0 Å². The van der Waals surface area contributed by atoms with Crippen molar-refractivity contribution in [3.05, 3.63) is 85.5 Å². The van der Waals surface area contributed by atoms with Gasteiger partial charge in [-0.2, -0.15) is 0 Å².